The highest BCUT2D eigenvalue weighted by Crippen LogP contribution is 2.18. The second-order valence-corrected chi connectivity index (χ2v) is 4.52. The van der Waals surface area contributed by atoms with Gasteiger partial charge in [-0.15, -0.1) is 0 Å². The molecule has 1 aromatic rings. The Morgan fingerprint density at radius 2 is 2.00 bits per heavy atom. The van der Waals surface area contributed by atoms with E-state index in [9.17, 15) is 4.79 Å². The molecule has 2 atom stereocenters. The molecule has 0 aliphatic rings. The maximum atomic E-state index is 11.8. The summed E-state index contributed by atoms with van der Waals surface area (Å²) in [5.41, 5.74) is 1.15. The van der Waals surface area contributed by atoms with Gasteiger partial charge in [0.25, 0.3) is 0 Å². The van der Waals surface area contributed by atoms with Gasteiger partial charge in [0.05, 0.1) is 7.05 Å². The van der Waals surface area contributed by atoms with Crippen LogP contribution in [0.4, 0.5) is 0 Å². The number of ketones is 1. The molecule has 0 radical (unpaired) electrons. The van der Waals surface area contributed by atoms with Gasteiger partial charge < -0.3 is 4.70 Å². The lowest BCUT2D eigenvalue weighted by atomic mass is 10.1. The first-order valence-electron chi connectivity index (χ1n) is 6.23. The van der Waals surface area contributed by atoms with Crippen LogP contribution in [0.25, 0.3) is 0 Å². The lowest BCUT2D eigenvalue weighted by molar-refractivity contribution is -1.11. The van der Waals surface area contributed by atoms with Crippen molar-refractivity contribution >= 4 is 5.78 Å². The molecule has 2 unspecified atom stereocenters. The van der Waals surface area contributed by atoms with Gasteiger partial charge in [0, 0.05) is 5.56 Å². The van der Waals surface area contributed by atoms with Gasteiger partial charge in [-0.3, -0.25) is 4.79 Å². The third kappa shape index (κ3) is 4.58. The van der Waals surface area contributed by atoms with Crippen LogP contribution in [0.2, 0.25) is 0 Å². The number of hydrogen-bond acceptors (Lipinski definition) is 2. The minimum atomic E-state index is -0.261. The molecule has 4 heteroatoms. The molecule has 0 bridgehead atoms. The molecule has 0 aliphatic carbocycles. The Bertz CT molecular complexity index is 408. The molecule has 0 saturated heterocycles. The van der Waals surface area contributed by atoms with E-state index in [1.165, 1.54) is 6.08 Å². The van der Waals surface area contributed by atoms with Gasteiger partial charge in [-0.1, -0.05) is 36.9 Å². The van der Waals surface area contributed by atoms with Gasteiger partial charge >= 0.3 is 0 Å². The molecule has 3 nitrogen and oxygen atoms in total. The molecule has 0 heterocycles. The first-order valence-corrected chi connectivity index (χ1v) is 6.23. The fourth-order valence-electron chi connectivity index (χ4n) is 1.97. The van der Waals surface area contributed by atoms with Crippen molar-refractivity contribution in [1.82, 2.24) is 0 Å². The second-order valence-electron chi connectivity index (χ2n) is 4.52. The molecule has 0 amide bonds. The van der Waals surface area contributed by atoms with Crippen LogP contribution in [-0.2, 0) is 16.2 Å². The van der Waals surface area contributed by atoms with Crippen molar-refractivity contribution in [2.24, 2.45) is 0 Å². The van der Waals surface area contributed by atoms with Crippen LogP contribution in [0.5, 0.6) is 0 Å². The maximum Gasteiger partial charge on any atom is 0.214 e. The Morgan fingerprint density at radius 1 is 1.42 bits per heavy atom. The van der Waals surface area contributed by atoms with Gasteiger partial charge in [0.1, 0.15) is 13.2 Å². The first kappa shape index (κ1) is 17.5. The highest BCUT2D eigenvalue weighted by Gasteiger charge is 2.35. The summed E-state index contributed by atoms with van der Waals surface area (Å²) in [7, 11) is 1.93. The van der Waals surface area contributed by atoms with Crippen molar-refractivity contribution in [3.63, 3.8) is 0 Å². The van der Waals surface area contributed by atoms with Gasteiger partial charge in [-0.05, 0) is 19.9 Å². The molecule has 19 heavy (non-hydrogen) atoms. The van der Waals surface area contributed by atoms with E-state index in [4.69, 9.17) is 4.84 Å². The Labute approximate surface area is 114 Å². The van der Waals surface area contributed by atoms with E-state index < -0.39 is 0 Å². The van der Waals surface area contributed by atoms with Crippen molar-refractivity contribution in [1.29, 1.82) is 0 Å². The summed E-state index contributed by atoms with van der Waals surface area (Å²) in [5, 5.41) is 0. The van der Waals surface area contributed by atoms with Crippen LogP contribution in [0, 0.1) is 0 Å². The predicted octanol–water partition coefficient (Wildman–Crippen LogP) is -0.268. The summed E-state index contributed by atoms with van der Waals surface area (Å²) >= 11 is 0. The smallest absolute Gasteiger partial charge is 0.214 e. The van der Waals surface area contributed by atoms with Crippen molar-refractivity contribution < 1.29 is 19.0 Å². The van der Waals surface area contributed by atoms with E-state index >= 15 is 0 Å². The number of nitrogens with zero attached hydrogens (tertiary/aromatic N) is 1. The van der Waals surface area contributed by atoms with Crippen LogP contribution in [-0.4, -0.2) is 30.1 Å². The number of carbonyl (C=O) groups is 1. The summed E-state index contributed by atoms with van der Waals surface area (Å²) in [6, 6.07) is 9.79. The summed E-state index contributed by atoms with van der Waals surface area (Å²) in [6.07, 6.45) is 1.37. The van der Waals surface area contributed by atoms with E-state index in [1.807, 2.05) is 51.2 Å². The zero-order valence-electron chi connectivity index (χ0n) is 11.8. The molecule has 0 spiro atoms. The number of likely N-dealkylation sites (N-methyl/N-ethyl adjacent to an activating group) is 1. The molecule has 1 aromatic carbocycles. The van der Waals surface area contributed by atoms with Gasteiger partial charge in [-0.25, -0.2) is 4.84 Å². The van der Waals surface area contributed by atoms with Crippen LogP contribution in [0.3, 0.4) is 0 Å². The van der Waals surface area contributed by atoms with Crippen molar-refractivity contribution in [3.8, 4) is 0 Å². The molecule has 0 N–H and O–H groups in total. The van der Waals surface area contributed by atoms with Gasteiger partial charge in [0.2, 0.25) is 5.78 Å². The zero-order valence-corrected chi connectivity index (χ0v) is 11.8. The van der Waals surface area contributed by atoms with Crippen LogP contribution in [0.1, 0.15) is 19.4 Å². The second kappa shape index (κ2) is 7.81. The summed E-state index contributed by atoms with van der Waals surface area (Å²) in [6.45, 7) is 8.59. The molecule has 0 fully saturated rings. The standard InChI is InChI=1S/C15H22NO2.FH/c1-5-15(17)13(3)16(4,18-6-2)12-14-10-8-7-9-11-14;/h5,7-11,13H,1,6,12H2,2-4H3;1H/q+1;/p-1. The third-order valence-electron chi connectivity index (χ3n) is 3.20. The topological polar surface area (TPSA) is 26.3 Å². The Hall–Kier alpha value is -1.52. The number of benzene rings is 1. The molecular formula is C15H22FNO2. The highest BCUT2D eigenvalue weighted by molar-refractivity contribution is 5.92. The van der Waals surface area contributed by atoms with E-state index in [0.29, 0.717) is 13.2 Å². The molecule has 0 aliphatic heterocycles. The first-order chi connectivity index (χ1) is 8.53. The predicted molar refractivity (Wildman–Crippen MR) is 72.6 cm³/mol. The zero-order chi connectivity index (χ0) is 13.6. The minimum absolute atomic E-state index is 0. The lowest BCUT2D eigenvalue weighted by Gasteiger charge is -2.35. The van der Waals surface area contributed by atoms with Gasteiger partial charge in [0.15, 0.2) is 6.04 Å². The monoisotopic (exact) mass is 267 g/mol. The van der Waals surface area contributed by atoms with Crippen LogP contribution < -0.4 is 4.70 Å². The number of rotatable bonds is 7. The molecule has 106 valence electrons. The molecule has 0 saturated carbocycles. The number of halogens is 1. The number of hydroxylamine groups is 3. The fourth-order valence-corrected chi connectivity index (χ4v) is 1.97. The Balaban J connectivity index is 0.00000324. The molecule has 1 rings (SSSR count). The fraction of sp³-hybridized carbons (Fsp3) is 0.400. The largest absolute Gasteiger partial charge is 1.00 e. The van der Waals surface area contributed by atoms with Crippen LogP contribution >= 0.6 is 0 Å². The highest BCUT2D eigenvalue weighted by atomic mass is 19.0. The van der Waals surface area contributed by atoms with Crippen LogP contribution in [0.15, 0.2) is 43.0 Å². The summed E-state index contributed by atoms with van der Waals surface area (Å²) in [4.78, 5) is 17.6. The minimum Gasteiger partial charge on any atom is -1.00 e. The summed E-state index contributed by atoms with van der Waals surface area (Å²) < 4.78 is 0.241. The average Bonchev–Trinajstić information content (AvgIpc) is 2.38. The van der Waals surface area contributed by atoms with E-state index in [2.05, 4.69) is 6.58 Å². The summed E-state index contributed by atoms with van der Waals surface area (Å²) in [5.74, 6) is 0.00174. The van der Waals surface area contributed by atoms with Crippen molar-refractivity contribution in [3.05, 3.63) is 48.6 Å². The Morgan fingerprint density at radius 3 is 2.47 bits per heavy atom. The molecule has 0 aromatic heterocycles. The van der Waals surface area contributed by atoms with Crippen molar-refractivity contribution in [2.75, 3.05) is 13.7 Å². The Kier molecular flexibility index (Phi) is 7.19. The quantitative estimate of drug-likeness (QED) is 0.386. The lowest BCUT2D eigenvalue weighted by Crippen LogP contribution is -3.00. The maximum absolute atomic E-state index is 11.8. The SMILES string of the molecule is C=CC(=O)C(C)[N+](C)(Cc1ccccc1)OCC.[F-]. The normalized spacial score (nSPS) is 14.9. The third-order valence-corrected chi connectivity index (χ3v) is 3.20. The van der Waals surface area contributed by atoms with E-state index in [-0.39, 0.29) is 21.2 Å². The van der Waals surface area contributed by atoms with Crippen molar-refractivity contribution in [2.45, 2.75) is 26.4 Å². The van der Waals surface area contributed by atoms with Gasteiger partial charge in [-0.2, -0.15) is 4.65 Å². The number of hydrogen-bond donors (Lipinski definition) is 0. The van der Waals surface area contributed by atoms with E-state index in [1.54, 1.807) is 0 Å². The van der Waals surface area contributed by atoms with E-state index in [0.717, 1.165) is 5.56 Å². The number of quaternary nitrogens is 1. The number of carbonyl (C=O) groups excluding carboxylic acids is 1. The average molecular weight is 267 g/mol. The molecular weight excluding hydrogens is 245 g/mol.